The van der Waals surface area contributed by atoms with Crippen molar-refractivity contribution in [3.8, 4) is 11.5 Å². The molecule has 0 saturated carbocycles. The zero-order valence-corrected chi connectivity index (χ0v) is 13.3. The summed E-state index contributed by atoms with van der Waals surface area (Å²) in [5.74, 6) is 2.71. The van der Waals surface area contributed by atoms with Crippen LogP contribution in [0.15, 0.2) is 18.2 Å². The van der Waals surface area contributed by atoms with Crippen molar-refractivity contribution in [1.29, 1.82) is 0 Å². The average Bonchev–Trinajstić information content (AvgIpc) is 2.38. The highest BCUT2D eigenvalue weighted by Crippen LogP contribution is 2.27. The fourth-order valence-corrected chi connectivity index (χ4v) is 2.80. The van der Waals surface area contributed by atoms with Crippen LogP contribution >= 0.6 is 11.8 Å². The normalized spacial score (nSPS) is 13.9. The van der Waals surface area contributed by atoms with Crippen LogP contribution in [0.25, 0.3) is 0 Å². The molecule has 0 aromatic heterocycles. The van der Waals surface area contributed by atoms with Crippen molar-refractivity contribution >= 4 is 11.8 Å². The Hall–Kier alpha value is -0.870. The van der Waals surface area contributed by atoms with Crippen LogP contribution in [-0.2, 0) is 6.42 Å². The van der Waals surface area contributed by atoms with Crippen molar-refractivity contribution in [1.82, 2.24) is 5.32 Å². The zero-order chi connectivity index (χ0) is 14.3. The highest BCUT2D eigenvalue weighted by Gasteiger charge is 2.10. The summed E-state index contributed by atoms with van der Waals surface area (Å²) < 4.78 is 10.6. The molecule has 3 nitrogen and oxygen atoms in total. The fourth-order valence-electron chi connectivity index (χ4n) is 2.20. The SMILES string of the molecule is COc1ccc(CC(C)NC(C)CSC)cc1OC. The molecule has 1 rings (SSSR count). The Morgan fingerprint density at radius 2 is 1.79 bits per heavy atom. The fraction of sp³-hybridized carbons (Fsp3) is 0.600. The number of thioether (sulfide) groups is 1. The number of hydrogen-bond donors (Lipinski definition) is 1. The summed E-state index contributed by atoms with van der Waals surface area (Å²) in [6.07, 6.45) is 3.12. The maximum atomic E-state index is 5.33. The van der Waals surface area contributed by atoms with Crippen LogP contribution < -0.4 is 14.8 Å². The minimum absolute atomic E-state index is 0.445. The van der Waals surface area contributed by atoms with Gasteiger partial charge in [0, 0.05) is 17.8 Å². The average molecular weight is 283 g/mol. The minimum atomic E-state index is 0.445. The Labute approximate surface area is 121 Å². The molecule has 1 aromatic carbocycles. The van der Waals surface area contributed by atoms with Gasteiger partial charge in [0.2, 0.25) is 0 Å². The van der Waals surface area contributed by atoms with Crippen molar-refractivity contribution < 1.29 is 9.47 Å². The van der Waals surface area contributed by atoms with Crippen LogP contribution in [0, 0.1) is 0 Å². The largest absolute Gasteiger partial charge is 0.493 e. The van der Waals surface area contributed by atoms with Crippen molar-refractivity contribution in [3.63, 3.8) is 0 Å². The van der Waals surface area contributed by atoms with Crippen molar-refractivity contribution in [2.45, 2.75) is 32.4 Å². The van der Waals surface area contributed by atoms with Gasteiger partial charge in [-0.05, 0) is 44.2 Å². The Kier molecular flexibility index (Phi) is 7.10. The molecule has 1 aromatic rings. The van der Waals surface area contributed by atoms with Gasteiger partial charge < -0.3 is 14.8 Å². The molecule has 4 heteroatoms. The van der Waals surface area contributed by atoms with E-state index in [1.54, 1.807) is 14.2 Å². The Morgan fingerprint density at radius 3 is 2.37 bits per heavy atom. The highest BCUT2D eigenvalue weighted by atomic mass is 32.2. The minimum Gasteiger partial charge on any atom is -0.493 e. The van der Waals surface area contributed by atoms with Crippen LogP contribution in [0.2, 0.25) is 0 Å². The third-order valence-corrected chi connectivity index (χ3v) is 3.81. The van der Waals surface area contributed by atoms with Gasteiger partial charge in [-0.1, -0.05) is 6.07 Å². The van der Waals surface area contributed by atoms with Gasteiger partial charge in [0.15, 0.2) is 11.5 Å². The highest BCUT2D eigenvalue weighted by molar-refractivity contribution is 7.98. The van der Waals surface area contributed by atoms with Gasteiger partial charge in [-0.15, -0.1) is 0 Å². The van der Waals surface area contributed by atoms with E-state index >= 15 is 0 Å². The molecule has 0 saturated heterocycles. The summed E-state index contributed by atoms with van der Waals surface area (Å²) in [6, 6.07) is 7.09. The predicted molar refractivity (Wildman–Crippen MR) is 83.7 cm³/mol. The summed E-state index contributed by atoms with van der Waals surface area (Å²) >= 11 is 1.87. The summed E-state index contributed by atoms with van der Waals surface area (Å²) in [4.78, 5) is 0. The van der Waals surface area contributed by atoms with E-state index in [4.69, 9.17) is 9.47 Å². The van der Waals surface area contributed by atoms with E-state index in [-0.39, 0.29) is 0 Å². The second kappa shape index (κ2) is 8.33. The van der Waals surface area contributed by atoms with E-state index in [1.807, 2.05) is 17.8 Å². The van der Waals surface area contributed by atoms with E-state index < -0.39 is 0 Å². The molecule has 0 aliphatic rings. The van der Waals surface area contributed by atoms with Crippen molar-refractivity contribution in [2.75, 3.05) is 26.2 Å². The number of ether oxygens (including phenoxy) is 2. The monoisotopic (exact) mass is 283 g/mol. The van der Waals surface area contributed by atoms with E-state index in [0.29, 0.717) is 12.1 Å². The Balaban J connectivity index is 2.61. The molecule has 108 valence electrons. The van der Waals surface area contributed by atoms with Crippen LogP contribution in [-0.4, -0.2) is 38.3 Å². The van der Waals surface area contributed by atoms with Gasteiger partial charge in [0.25, 0.3) is 0 Å². The lowest BCUT2D eigenvalue weighted by Gasteiger charge is -2.20. The lowest BCUT2D eigenvalue weighted by molar-refractivity contribution is 0.354. The number of rotatable bonds is 8. The lowest BCUT2D eigenvalue weighted by Crippen LogP contribution is -2.37. The second-order valence-corrected chi connectivity index (χ2v) is 5.73. The molecule has 1 N–H and O–H groups in total. The topological polar surface area (TPSA) is 30.5 Å². The van der Waals surface area contributed by atoms with Gasteiger partial charge in [-0.3, -0.25) is 0 Å². The van der Waals surface area contributed by atoms with E-state index in [9.17, 15) is 0 Å². The molecule has 0 bridgehead atoms. The van der Waals surface area contributed by atoms with Gasteiger partial charge in [-0.2, -0.15) is 11.8 Å². The first-order valence-corrected chi connectivity index (χ1v) is 7.96. The van der Waals surface area contributed by atoms with E-state index in [1.165, 1.54) is 5.56 Å². The third-order valence-electron chi connectivity index (χ3n) is 2.98. The van der Waals surface area contributed by atoms with Gasteiger partial charge >= 0.3 is 0 Å². The van der Waals surface area contributed by atoms with Crippen molar-refractivity contribution in [2.24, 2.45) is 0 Å². The molecule has 0 aliphatic heterocycles. The molecule has 0 amide bonds. The molecule has 0 spiro atoms. The number of nitrogens with one attached hydrogen (secondary N) is 1. The molecule has 2 unspecified atom stereocenters. The van der Waals surface area contributed by atoms with Crippen LogP contribution in [0.1, 0.15) is 19.4 Å². The Morgan fingerprint density at radius 1 is 1.11 bits per heavy atom. The second-order valence-electron chi connectivity index (χ2n) is 4.82. The molecule has 0 radical (unpaired) electrons. The summed E-state index contributed by atoms with van der Waals surface area (Å²) in [7, 11) is 3.33. The van der Waals surface area contributed by atoms with Gasteiger partial charge in [-0.25, -0.2) is 0 Å². The molecule has 0 aliphatic carbocycles. The third kappa shape index (κ3) is 5.33. The first-order chi connectivity index (χ1) is 9.10. The summed E-state index contributed by atoms with van der Waals surface area (Å²) in [5, 5.41) is 3.60. The molecular formula is C15H25NO2S. The lowest BCUT2D eigenvalue weighted by atomic mass is 10.1. The van der Waals surface area contributed by atoms with Gasteiger partial charge in [0.1, 0.15) is 0 Å². The number of hydrogen-bond acceptors (Lipinski definition) is 4. The molecular weight excluding hydrogens is 258 g/mol. The first kappa shape index (κ1) is 16.2. The van der Waals surface area contributed by atoms with E-state index in [0.717, 1.165) is 23.7 Å². The standard InChI is InChI=1S/C15H25NO2S/c1-11(16-12(2)10-19-5)8-13-6-7-14(17-3)15(9-13)18-4/h6-7,9,11-12,16H,8,10H2,1-5H3. The molecule has 2 atom stereocenters. The zero-order valence-electron chi connectivity index (χ0n) is 12.5. The van der Waals surface area contributed by atoms with Gasteiger partial charge in [0.05, 0.1) is 14.2 Å². The molecule has 0 fully saturated rings. The predicted octanol–water partition coefficient (Wildman–Crippen LogP) is 2.98. The van der Waals surface area contributed by atoms with Crippen LogP contribution in [0.3, 0.4) is 0 Å². The van der Waals surface area contributed by atoms with Crippen molar-refractivity contribution in [3.05, 3.63) is 23.8 Å². The number of benzene rings is 1. The smallest absolute Gasteiger partial charge is 0.160 e. The quantitative estimate of drug-likeness (QED) is 0.794. The summed E-state index contributed by atoms with van der Waals surface area (Å²) in [6.45, 7) is 4.44. The molecule has 19 heavy (non-hydrogen) atoms. The van der Waals surface area contributed by atoms with Crippen LogP contribution in [0.4, 0.5) is 0 Å². The number of methoxy groups -OCH3 is 2. The first-order valence-electron chi connectivity index (χ1n) is 6.56. The van der Waals surface area contributed by atoms with Crippen LogP contribution in [0.5, 0.6) is 11.5 Å². The summed E-state index contributed by atoms with van der Waals surface area (Å²) in [5.41, 5.74) is 1.26. The van der Waals surface area contributed by atoms with E-state index in [2.05, 4.69) is 37.6 Å². The maximum absolute atomic E-state index is 5.33. The molecule has 0 heterocycles. The maximum Gasteiger partial charge on any atom is 0.160 e. The Bertz CT molecular complexity index is 384.